The van der Waals surface area contributed by atoms with Crippen molar-refractivity contribution in [2.24, 2.45) is 5.10 Å². The fourth-order valence-corrected chi connectivity index (χ4v) is 2.85. The lowest BCUT2D eigenvalue weighted by Crippen LogP contribution is -2.16. The summed E-state index contributed by atoms with van der Waals surface area (Å²) in [6.45, 7) is 19.4. The van der Waals surface area contributed by atoms with E-state index >= 15 is 0 Å². The topological polar surface area (TPSA) is 87.5 Å². The number of hydrazone groups is 1. The molecule has 7 nitrogen and oxygen atoms in total. The van der Waals surface area contributed by atoms with Gasteiger partial charge in [0.15, 0.2) is 0 Å². The van der Waals surface area contributed by atoms with Crippen molar-refractivity contribution < 1.29 is 9.15 Å². The number of nitriles is 1. The second-order valence-corrected chi connectivity index (χ2v) is 8.06. The van der Waals surface area contributed by atoms with Gasteiger partial charge in [-0.15, -0.1) is 10.2 Å². The van der Waals surface area contributed by atoms with Crippen LogP contribution in [0.5, 0.6) is 0 Å². The zero-order valence-electron chi connectivity index (χ0n) is 23.6. The summed E-state index contributed by atoms with van der Waals surface area (Å²) in [6, 6.07) is 2.14. The highest BCUT2D eigenvalue weighted by Gasteiger charge is 2.29. The average Bonchev–Trinajstić information content (AvgIpc) is 3.66. The molecule has 1 aromatic heterocycles. The average molecular weight is 504 g/mol. The number of aromatic nitrogens is 2. The molecular weight excluding hydrogens is 462 g/mol. The number of ether oxygens (including phenoxy) is 1. The van der Waals surface area contributed by atoms with E-state index in [2.05, 4.69) is 34.9 Å². The van der Waals surface area contributed by atoms with Crippen LogP contribution in [-0.4, -0.2) is 21.4 Å². The molecule has 7 heteroatoms. The Balaban J connectivity index is 0.00000334. The Morgan fingerprint density at radius 3 is 2.43 bits per heavy atom. The minimum atomic E-state index is 0.400. The molecule has 1 aliphatic carbocycles. The Hall–Kier alpha value is -3.92. The Morgan fingerprint density at radius 1 is 1.16 bits per heavy atom. The molecule has 0 bridgehead atoms. The molecule has 0 saturated heterocycles. The standard InChI is InChI=1S/C28H35N5O2.C2H6/c1-8-11-12-25(17-13-20(4)19-29)33(30-10-3)22(6)23(7)34-26(9-2)18-14-21(5)27-31-32-28(35-27)24-15-16-24;1-2/h9-14,17-18,24H,5,8,15-16H2,1-4,6-7H3;1-2H3/b12-11+,18-14-,20-13+,23-22+,25-17+,26-9+,30-10+;. The molecule has 0 aliphatic heterocycles. The fourth-order valence-electron chi connectivity index (χ4n) is 2.85. The van der Waals surface area contributed by atoms with Gasteiger partial charge >= 0.3 is 0 Å². The maximum atomic E-state index is 9.11. The van der Waals surface area contributed by atoms with Crippen molar-refractivity contribution in [3.05, 3.63) is 89.4 Å². The van der Waals surface area contributed by atoms with Crippen molar-refractivity contribution in [3.63, 3.8) is 0 Å². The van der Waals surface area contributed by atoms with Crippen LogP contribution in [0.2, 0.25) is 0 Å². The van der Waals surface area contributed by atoms with Gasteiger partial charge in [-0.3, -0.25) is 0 Å². The van der Waals surface area contributed by atoms with Crippen LogP contribution in [0.1, 0.15) is 92.4 Å². The van der Waals surface area contributed by atoms with Crippen LogP contribution in [-0.2, 0) is 4.74 Å². The van der Waals surface area contributed by atoms with Crippen LogP contribution < -0.4 is 0 Å². The molecule has 0 aromatic carbocycles. The summed E-state index contributed by atoms with van der Waals surface area (Å²) >= 11 is 0. The number of rotatable bonds is 12. The molecule has 1 aromatic rings. The summed E-state index contributed by atoms with van der Waals surface area (Å²) in [6.07, 6.45) is 17.9. The summed E-state index contributed by atoms with van der Waals surface area (Å²) in [7, 11) is 0. The van der Waals surface area contributed by atoms with Crippen molar-refractivity contribution >= 4 is 11.8 Å². The lowest BCUT2D eigenvalue weighted by atomic mass is 10.2. The zero-order valence-corrected chi connectivity index (χ0v) is 23.6. The van der Waals surface area contributed by atoms with Gasteiger partial charge in [0, 0.05) is 23.3 Å². The van der Waals surface area contributed by atoms with Gasteiger partial charge in [-0.05, 0) is 90.3 Å². The zero-order chi connectivity index (χ0) is 27.8. The molecule has 0 N–H and O–H groups in total. The summed E-state index contributed by atoms with van der Waals surface area (Å²) in [5, 5.41) is 23.6. The monoisotopic (exact) mass is 503 g/mol. The minimum absolute atomic E-state index is 0.400. The molecule has 1 saturated carbocycles. The SMILES string of the molecule is C=C(/C=C\C(=C/C)O/C(C)=C(\C)N(/N=C/C)C(/C=C/CC)=C/C=C(\C)C#N)c1nnc(C2CC2)o1.CC. The maximum absolute atomic E-state index is 9.11. The van der Waals surface area contributed by atoms with Gasteiger partial charge in [-0.2, -0.15) is 10.4 Å². The van der Waals surface area contributed by atoms with Crippen molar-refractivity contribution in [2.45, 2.75) is 80.6 Å². The Morgan fingerprint density at radius 2 is 1.86 bits per heavy atom. The highest BCUT2D eigenvalue weighted by atomic mass is 16.5. The highest BCUT2D eigenvalue weighted by Crippen LogP contribution is 2.39. The summed E-state index contributed by atoms with van der Waals surface area (Å²) < 4.78 is 11.9. The van der Waals surface area contributed by atoms with E-state index in [4.69, 9.17) is 14.4 Å². The van der Waals surface area contributed by atoms with Crippen molar-refractivity contribution in [3.8, 4) is 6.07 Å². The molecule has 0 unspecified atom stereocenters. The minimum Gasteiger partial charge on any atom is -0.460 e. The van der Waals surface area contributed by atoms with Crippen LogP contribution in [0.3, 0.4) is 0 Å². The molecule has 1 heterocycles. The number of hydrogen-bond acceptors (Lipinski definition) is 7. The molecule has 37 heavy (non-hydrogen) atoms. The summed E-state index contributed by atoms with van der Waals surface area (Å²) in [5.41, 5.74) is 2.84. The molecule has 1 fully saturated rings. The predicted octanol–water partition coefficient (Wildman–Crippen LogP) is 8.34. The Kier molecular flexibility index (Phi) is 14.0. The van der Waals surface area contributed by atoms with Gasteiger partial charge in [-0.1, -0.05) is 33.4 Å². The summed E-state index contributed by atoms with van der Waals surface area (Å²) in [4.78, 5) is 0. The van der Waals surface area contributed by atoms with Crippen molar-refractivity contribution in [1.29, 1.82) is 5.26 Å². The molecule has 0 atom stereocenters. The van der Waals surface area contributed by atoms with Crippen LogP contribution in [0.4, 0.5) is 0 Å². The van der Waals surface area contributed by atoms with E-state index in [9.17, 15) is 0 Å². The Bertz CT molecular complexity index is 1150. The maximum Gasteiger partial charge on any atom is 0.247 e. The van der Waals surface area contributed by atoms with E-state index in [0.717, 1.165) is 30.7 Å². The van der Waals surface area contributed by atoms with E-state index in [-0.39, 0.29) is 0 Å². The predicted molar refractivity (Wildman–Crippen MR) is 152 cm³/mol. The van der Waals surface area contributed by atoms with Crippen LogP contribution in [0.25, 0.3) is 5.57 Å². The third-order valence-corrected chi connectivity index (χ3v) is 5.15. The van der Waals surface area contributed by atoms with Crippen molar-refractivity contribution in [1.82, 2.24) is 15.2 Å². The highest BCUT2D eigenvalue weighted by molar-refractivity contribution is 5.66. The van der Waals surface area contributed by atoms with Crippen LogP contribution in [0.15, 0.2) is 87.1 Å². The largest absolute Gasteiger partial charge is 0.460 e. The van der Waals surface area contributed by atoms with E-state index in [1.807, 2.05) is 71.9 Å². The number of nitrogens with zero attached hydrogens (tertiary/aromatic N) is 5. The third kappa shape index (κ3) is 10.3. The van der Waals surface area contributed by atoms with Crippen LogP contribution in [0, 0.1) is 11.3 Å². The van der Waals surface area contributed by atoms with Gasteiger partial charge in [0.1, 0.15) is 11.5 Å². The van der Waals surface area contributed by atoms with Gasteiger partial charge in [-0.25, -0.2) is 5.01 Å². The normalized spacial score (nSPS) is 15.5. The Labute approximate surface area is 222 Å². The molecule has 198 valence electrons. The lowest BCUT2D eigenvalue weighted by molar-refractivity contribution is 0.296. The van der Waals surface area contributed by atoms with E-state index in [0.29, 0.717) is 40.4 Å². The first-order valence-corrected chi connectivity index (χ1v) is 12.8. The van der Waals surface area contributed by atoms with E-state index < -0.39 is 0 Å². The number of allylic oxidation sites excluding steroid dienone is 11. The molecule has 2 rings (SSSR count). The van der Waals surface area contributed by atoms with Gasteiger partial charge < -0.3 is 9.15 Å². The smallest absolute Gasteiger partial charge is 0.247 e. The van der Waals surface area contributed by atoms with E-state index in [1.54, 1.807) is 30.3 Å². The van der Waals surface area contributed by atoms with Crippen molar-refractivity contribution in [2.75, 3.05) is 0 Å². The molecule has 0 amide bonds. The quantitative estimate of drug-likeness (QED) is 0.0936. The van der Waals surface area contributed by atoms with E-state index in [1.165, 1.54) is 0 Å². The molecule has 0 spiro atoms. The molecule has 0 radical (unpaired) electrons. The first-order chi connectivity index (χ1) is 17.8. The molecular formula is C30H41N5O2. The summed E-state index contributed by atoms with van der Waals surface area (Å²) in [5.74, 6) is 2.81. The second-order valence-electron chi connectivity index (χ2n) is 8.06. The lowest BCUT2D eigenvalue weighted by Gasteiger charge is -2.23. The van der Waals surface area contributed by atoms with Gasteiger partial charge in [0.2, 0.25) is 11.8 Å². The second kappa shape index (κ2) is 16.7. The van der Waals surface area contributed by atoms with Gasteiger partial charge in [0.25, 0.3) is 0 Å². The van der Waals surface area contributed by atoms with Crippen LogP contribution >= 0.6 is 0 Å². The first kappa shape index (κ1) is 31.1. The number of hydrogen-bond donors (Lipinski definition) is 0. The fraction of sp³-hybridized carbons (Fsp3) is 0.400. The third-order valence-electron chi connectivity index (χ3n) is 5.15. The molecule has 1 aliphatic rings. The first-order valence-electron chi connectivity index (χ1n) is 12.8. The van der Waals surface area contributed by atoms with Gasteiger partial charge in [0.05, 0.1) is 17.5 Å².